The van der Waals surface area contributed by atoms with Gasteiger partial charge in [-0.15, -0.1) is 0 Å². The summed E-state index contributed by atoms with van der Waals surface area (Å²) in [6.45, 7) is 27.9. The van der Waals surface area contributed by atoms with Crippen LogP contribution in [0.15, 0.2) is 115 Å². The van der Waals surface area contributed by atoms with Crippen molar-refractivity contribution in [3.05, 3.63) is 165 Å². The fourth-order valence-electron chi connectivity index (χ4n) is 7.43. The smallest absolute Gasteiger partial charge is 0.0352 e. The molecule has 0 saturated heterocycles. The molecule has 0 aromatic heterocycles. The maximum Gasteiger partial charge on any atom is 0.0352 e. The van der Waals surface area contributed by atoms with Gasteiger partial charge in [-0.2, -0.15) is 0 Å². The lowest BCUT2D eigenvalue weighted by atomic mass is 9.82. The van der Waals surface area contributed by atoms with Crippen molar-refractivity contribution >= 4 is 0 Å². The largest absolute Gasteiger partial charge is 0.0622 e. The Kier molecular flexibility index (Phi) is 9.36. The van der Waals surface area contributed by atoms with Gasteiger partial charge in [0.25, 0.3) is 0 Å². The second-order valence-electron chi connectivity index (χ2n) is 18.6. The molecule has 0 nitrogen and oxygen atoms in total. The molecule has 51 heavy (non-hydrogen) atoms. The van der Waals surface area contributed by atoms with Crippen LogP contribution in [-0.2, 0) is 21.7 Å². The van der Waals surface area contributed by atoms with Crippen molar-refractivity contribution in [2.24, 2.45) is 0 Å². The third-order valence-corrected chi connectivity index (χ3v) is 10.4. The van der Waals surface area contributed by atoms with E-state index in [2.05, 4.69) is 192 Å². The molecule has 0 unspecified atom stereocenters. The van der Waals surface area contributed by atoms with Gasteiger partial charge in [-0.1, -0.05) is 186 Å². The topological polar surface area (TPSA) is 0 Å². The van der Waals surface area contributed by atoms with Crippen LogP contribution in [-0.4, -0.2) is 0 Å². The first-order chi connectivity index (χ1) is 23.8. The average molecular weight is 669 g/mol. The standard InChI is InChI=1S/C51H56/c1-48(2,3)37-24-28-39-41(30-26-37)45(50(7,8)9)32-43(39)47(36-22-20-35(21-23-36)19-18-34-16-14-13-15-17-34)44-33-46(51(10,11)12)42-31-27-38(49(4,5)6)25-29-40(42)44/h13-17,20-33,47H,1-12H3. The maximum atomic E-state index is 3.41. The molecule has 6 rings (SSSR count). The van der Waals surface area contributed by atoms with Crippen molar-refractivity contribution in [3.63, 3.8) is 0 Å². The van der Waals surface area contributed by atoms with Gasteiger partial charge in [-0.05, 0) is 107 Å². The van der Waals surface area contributed by atoms with E-state index >= 15 is 0 Å². The van der Waals surface area contributed by atoms with Crippen molar-refractivity contribution in [2.75, 3.05) is 0 Å². The fraction of sp³-hybridized carbons (Fsp3) is 0.333. The van der Waals surface area contributed by atoms with Crippen LogP contribution in [0.5, 0.6) is 0 Å². The van der Waals surface area contributed by atoms with Gasteiger partial charge in [-0.25, -0.2) is 0 Å². The SMILES string of the molecule is CC(C)(C)c1ccc2c(C(c3ccc(C#Cc4ccccc4)cc3)c3cc(C(C)(C)C)c4ccc(C(C)(C)C)ccc3-4)cc(C(C)(C)C)c-2cc1. The van der Waals surface area contributed by atoms with Gasteiger partial charge in [-0.3, -0.25) is 0 Å². The molecule has 0 fully saturated rings. The van der Waals surface area contributed by atoms with E-state index in [-0.39, 0.29) is 27.6 Å². The average Bonchev–Trinajstić information content (AvgIpc) is 3.38. The molecule has 0 aliphatic heterocycles. The Balaban J connectivity index is 1.65. The molecule has 260 valence electrons. The van der Waals surface area contributed by atoms with E-state index in [4.69, 9.17) is 0 Å². The molecular formula is C51H56. The molecule has 0 amide bonds. The van der Waals surface area contributed by atoms with Gasteiger partial charge >= 0.3 is 0 Å². The molecule has 0 heterocycles. The molecule has 4 aliphatic rings. The van der Waals surface area contributed by atoms with Gasteiger partial charge in [0.15, 0.2) is 0 Å². The molecule has 0 radical (unpaired) electrons. The molecule has 2 aromatic rings. The summed E-state index contributed by atoms with van der Waals surface area (Å²) in [5.74, 6) is 6.79. The highest BCUT2D eigenvalue weighted by molar-refractivity contribution is 5.83. The zero-order valence-corrected chi connectivity index (χ0v) is 33.0. The molecule has 0 bridgehead atoms. The van der Waals surface area contributed by atoms with Gasteiger partial charge in [0.1, 0.15) is 0 Å². The fourth-order valence-corrected chi connectivity index (χ4v) is 7.43. The van der Waals surface area contributed by atoms with E-state index in [9.17, 15) is 0 Å². The predicted molar refractivity (Wildman–Crippen MR) is 221 cm³/mol. The van der Waals surface area contributed by atoms with Crippen molar-refractivity contribution < 1.29 is 0 Å². The molecule has 0 N–H and O–H groups in total. The zero-order chi connectivity index (χ0) is 36.9. The molecule has 0 heteroatoms. The van der Waals surface area contributed by atoms with Crippen molar-refractivity contribution in [1.29, 1.82) is 0 Å². The quantitative estimate of drug-likeness (QED) is 0.165. The van der Waals surface area contributed by atoms with Crippen LogP contribution in [0.3, 0.4) is 0 Å². The van der Waals surface area contributed by atoms with E-state index in [0.29, 0.717) is 0 Å². The van der Waals surface area contributed by atoms with E-state index < -0.39 is 0 Å². The van der Waals surface area contributed by atoms with Gasteiger partial charge in [0, 0.05) is 17.0 Å². The summed E-state index contributed by atoms with van der Waals surface area (Å²) in [7, 11) is 0. The Labute approximate surface area is 309 Å². The Bertz CT molecular complexity index is 2040. The highest BCUT2D eigenvalue weighted by Crippen LogP contribution is 2.50. The lowest BCUT2D eigenvalue weighted by Gasteiger charge is -2.20. The molecule has 0 spiro atoms. The summed E-state index contributed by atoms with van der Waals surface area (Å²) in [4.78, 5) is 0. The van der Waals surface area contributed by atoms with E-state index in [1.54, 1.807) is 0 Å². The summed E-state index contributed by atoms with van der Waals surface area (Å²) >= 11 is 0. The third kappa shape index (κ3) is 7.55. The normalized spacial score (nSPS) is 12.7. The second kappa shape index (κ2) is 13.2. The summed E-state index contributed by atoms with van der Waals surface area (Å²) < 4.78 is 0. The lowest BCUT2D eigenvalue weighted by Crippen LogP contribution is -2.11. The second-order valence-corrected chi connectivity index (χ2v) is 18.6. The number of benzene rings is 2. The first kappa shape index (κ1) is 36.2. The van der Waals surface area contributed by atoms with Crippen LogP contribution in [0.4, 0.5) is 0 Å². The third-order valence-electron chi connectivity index (χ3n) is 10.4. The van der Waals surface area contributed by atoms with Gasteiger partial charge < -0.3 is 0 Å². The van der Waals surface area contributed by atoms with Gasteiger partial charge in [0.2, 0.25) is 0 Å². The molecule has 0 atom stereocenters. The van der Waals surface area contributed by atoms with Crippen LogP contribution < -0.4 is 0 Å². The van der Waals surface area contributed by atoms with Gasteiger partial charge in [0.05, 0.1) is 0 Å². The van der Waals surface area contributed by atoms with Crippen molar-refractivity contribution in [2.45, 2.75) is 111 Å². The molecular weight excluding hydrogens is 613 g/mol. The minimum Gasteiger partial charge on any atom is -0.0622 e. The highest BCUT2D eigenvalue weighted by atomic mass is 14.4. The molecule has 2 aromatic carbocycles. The van der Waals surface area contributed by atoms with Crippen molar-refractivity contribution in [1.82, 2.24) is 0 Å². The Morgan fingerprint density at radius 3 is 1.12 bits per heavy atom. The van der Waals surface area contributed by atoms with E-state index in [1.807, 2.05) is 18.2 Å². The van der Waals surface area contributed by atoms with Crippen LogP contribution in [0.25, 0.3) is 22.3 Å². The summed E-state index contributed by atoms with van der Waals surface area (Å²) in [6.07, 6.45) is 0. The number of fused-ring (bicyclic) bond motifs is 2. The Morgan fingerprint density at radius 2 is 0.745 bits per heavy atom. The summed E-state index contributed by atoms with van der Waals surface area (Å²) in [6, 6.07) is 43.3. The first-order valence-electron chi connectivity index (χ1n) is 18.6. The molecule has 4 aliphatic carbocycles. The summed E-state index contributed by atoms with van der Waals surface area (Å²) in [5.41, 5.74) is 17.0. The Hall–Kier alpha value is -4.60. The van der Waals surface area contributed by atoms with E-state index in [0.717, 1.165) is 11.1 Å². The number of rotatable bonds is 3. The van der Waals surface area contributed by atoms with E-state index in [1.165, 1.54) is 61.2 Å². The monoisotopic (exact) mass is 668 g/mol. The molecule has 0 saturated carbocycles. The van der Waals surface area contributed by atoms with Crippen LogP contribution >= 0.6 is 0 Å². The number of hydrogen-bond acceptors (Lipinski definition) is 0. The highest BCUT2D eigenvalue weighted by Gasteiger charge is 2.34. The number of hydrogen-bond donors (Lipinski definition) is 0. The maximum absolute atomic E-state index is 3.41. The zero-order valence-electron chi connectivity index (χ0n) is 33.0. The first-order valence-corrected chi connectivity index (χ1v) is 18.6. The minimum atomic E-state index is -0.0209. The van der Waals surface area contributed by atoms with Crippen molar-refractivity contribution in [3.8, 4) is 34.1 Å². The lowest BCUT2D eigenvalue weighted by molar-refractivity contribution is 0.590. The minimum absolute atomic E-state index is 0.0209. The van der Waals surface area contributed by atoms with Crippen LogP contribution in [0.1, 0.15) is 139 Å². The van der Waals surface area contributed by atoms with Crippen LogP contribution in [0.2, 0.25) is 0 Å². The predicted octanol–water partition coefficient (Wildman–Crippen LogP) is 13.7. The Morgan fingerprint density at radius 1 is 0.373 bits per heavy atom. The van der Waals surface area contributed by atoms with Crippen LogP contribution in [0, 0.1) is 11.8 Å². The summed E-state index contributed by atoms with van der Waals surface area (Å²) in [5, 5.41) is 0.